The summed E-state index contributed by atoms with van der Waals surface area (Å²) in [6.07, 6.45) is -4.83. The quantitative estimate of drug-likeness (QED) is 0.738. The van der Waals surface area contributed by atoms with E-state index in [-0.39, 0.29) is 5.82 Å². The summed E-state index contributed by atoms with van der Waals surface area (Å²) in [4.78, 5) is 28.8. The number of primary amides is 2. The first kappa shape index (κ1) is 16.0. The van der Waals surface area contributed by atoms with Gasteiger partial charge >= 0.3 is 6.18 Å². The standard InChI is InChI=1S/C9H9ClF3N5O2/c10-4-1-7(17-8(16-4)9(11,12)13)18(2-5(14)19)3-6(15)20/h1H,2-3H2,(H2,14,19)(H2,15,20). The van der Waals surface area contributed by atoms with Gasteiger partial charge in [0.05, 0.1) is 13.1 Å². The van der Waals surface area contributed by atoms with Gasteiger partial charge in [0.1, 0.15) is 11.0 Å². The van der Waals surface area contributed by atoms with Crippen LogP contribution < -0.4 is 16.4 Å². The number of amides is 2. The number of nitrogens with zero attached hydrogens (tertiary/aromatic N) is 3. The first-order valence-corrected chi connectivity index (χ1v) is 5.40. The Morgan fingerprint density at radius 2 is 1.70 bits per heavy atom. The number of aromatic nitrogens is 2. The van der Waals surface area contributed by atoms with E-state index < -0.39 is 42.1 Å². The third kappa shape index (κ3) is 4.53. The number of anilines is 1. The van der Waals surface area contributed by atoms with Crippen LogP contribution in [-0.2, 0) is 15.8 Å². The van der Waals surface area contributed by atoms with Crippen LogP contribution in [0.2, 0.25) is 5.15 Å². The predicted molar refractivity (Wildman–Crippen MR) is 62.6 cm³/mol. The van der Waals surface area contributed by atoms with Crippen LogP contribution in [0.5, 0.6) is 0 Å². The minimum atomic E-state index is -4.83. The Hall–Kier alpha value is -2.10. The summed E-state index contributed by atoms with van der Waals surface area (Å²) in [5, 5.41) is -0.499. The Labute approximate surface area is 115 Å². The van der Waals surface area contributed by atoms with Gasteiger partial charge in [-0.2, -0.15) is 13.2 Å². The van der Waals surface area contributed by atoms with Crippen LogP contribution >= 0.6 is 11.6 Å². The van der Waals surface area contributed by atoms with Gasteiger partial charge in [-0.05, 0) is 0 Å². The molecule has 7 nitrogen and oxygen atoms in total. The Morgan fingerprint density at radius 3 is 2.10 bits per heavy atom. The molecule has 0 spiro atoms. The lowest BCUT2D eigenvalue weighted by atomic mass is 10.4. The van der Waals surface area contributed by atoms with Crippen LogP contribution in [0.4, 0.5) is 19.0 Å². The topological polar surface area (TPSA) is 115 Å². The molecule has 0 saturated heterocycles. The number of alkyl halides is 3. The maximum absolute atomic E-state index is 12.6. The molecular weight excluding hydrogens is 303 g/mol. The maximum Gasteiger partial charge on any atom is 0.451 e. The molecule has 1 aromatic rings. The predicted octanol–water partition coefficient (Wildman–Crippen LogP) is -0.0742. The van der Waals surface area contributed by atoms with E-state index >= 15 is 0 Å². The van der Waals surface area contributed by atoms with Crippen LogP contribution in [-0.4, -0.2) is 34.9 Å². The molecular formula is C9H9ClF3N5O2. The van der Waals surface area contributed by atoms with Crippen molar-refractivity contribution in [2.24, 2.45) is 11.5 Å². The van der Waals surface area contributed by atoms with Crippen molar-refractivity contribution in [2.75, 3.05) is 18.0 Å². The van der Waals surface area contributed by atoms with Crippen LogP contribution in [0.3, 0.4) is 0 Å². The molecule has 0 aliphatic heterocycles. The number of carbonyl (C=O) groups excluding carboxylic acids is 2. The van der Waals surface area contributed by atoms with E-state index in [2.05, 4.69) is 9.97 Å². The lowest BCUT2D eigenvalue weighted by molar-refractivity contribution is -0.144. The zero-order valence-corrected chi connectivity index (χ0v) is 10.6. The highest BCUT2D eigenvalue weighted by Crippen LogP contribution is 2.29. The summed E-state index contributed by atoms with van der Waals surface area (Å²) in [7, 11) is 0. The first-order chi connectivity index (χ1) is 9.09. The fourth-order valence-corrected chi connectivity index (χ4v) is 1.47. The van der Waals surface area contributed by atoms with E-state index in [0.717, 1.165) is 11.0 Å². The lowest BCUT2D eigenvalue weighted by Crippen LogP contribution is -2.40. The molecule has 0 aliphatic rings. The van der Waals surface area contributed by atoms with E-state index in [0.29, 0.717) is 0 Å². The van der Waals surface area contributed by atoms with E-state index in [1.54, 1.807) is 0 Å². The molecule has 4 N–H and O–H groups in total. The van der Waals surface area contributed by atoms with Crippen molar-refractivity contribution in [1.29, 1.82) is 0 Å². The number of rotatable bonds is 5. The molecule has 0 fully saturated rings. The summed E-state index contributed by atoms with van der Waals surface area (Å²) < 4.78 is 37.7. The second-order valence-electron chi connectivity index (χ2n) is 3.66. The van der Waals surface area contributed by atoms with Crippen molar-refractivity contribution < 1.29 is 22.8 Å². The summed E-state index contributed by atoms with van der Waals surface area (Å²) >= 11 is 5.46. The zero-order chi connectivity index (χ0) is 15.5. The Morgan fingerprint density at radius 1 is 1.20 bits per heavy atom. The van der Waals surface area contributed by atoms with Crippen molar-refractivity contribution in [1.82, 2.24) is 9.97 Å². The molecule has 0 aliphatic carbocycles. The highest BCUT2D eigenvalue weighted by atomic mass is 35.5. The molecule has 1 aromatic heterocycles. The van der Waals surface area contributed by atoms with Gasteiger partial charge in [-0.25, -0.2) is 9.97 Å². The lowest BCUT2D eigenvalue weighted by Gasteiger charge is -2.21. The summed E-state index contributed by atoms with van der Waals surface area (Å²) in [6, 6.07) is 0.961. The van der Waals surface area contributed by atoms with Crippen LogP contribution in [0.1, 0.15) is 5.82 Å². The molecule has 11 heteroatoms. The highest BCUT2D eigenvalue weighted by Gasteiger charge is 2.36. The molecule has 0 aromatic carbocycles. The largest absolute Gasteiger partial charge is 0.451 e. The smallest absolute Gasteiger partial charge is 0.368 e. The SMILES string of the molecule is NC(=O)CN(CC(N)=O)c1cc(Cl)nc(C(F)(F)F)n1. The fourth-order valence-electron chi connectivity index (χ4n) is 1.29. The number of halogens is 4. The molecule has 1 rings (SSSR count). The molecule has 0 bridgehead atoms. The van der Waals surface area contributed by atoms with Gasteiger partial charge < -0.3 is 16.4 Å². The van der Waals surface area contributed by atoms with Crippen molar-refractivity contribution in [3.63, 3.8) is 0 Å². The molecule has 110 valence electrons. The average molecular weight is 312 g/mol. The molecule has 1 heterocycles. The van der Waals surface area contributed by atoms with Crippen molar-refractivity contribution in [2.45, 2.75) is 6.18 Å². The zero-order valence-electron chi connectivity index (χ0n) is 9.82. The van der Waals surface area contributed by atoms with Gasteiger partial charge in [0.15, 0.2) is 0 Å². The van der Waals surface area contributed by atoms with E-state index in [1.807, 2.05) is 0 Å². The van der Waals surface area contributed by atoms with Gasteiger partial charge in [-0.1, -0.05) is 11.6 Å². The summed E-state index contributed by atoms with van der Waals surface area (Å²) in [5.74, 6) is -3.64. The van der Waals surface area contributed by atoms with E-state index in [9.17, 15) is 22.8 Å². The number of hydrogen-bond donors (Lipinski definition) is 2. The van der Waals surface area contributed by atoms with Gasteiger partial charge in [0.2, 0.25) is 17.6 Å². The Bertz CT molecular complexity index is 521. The second kappa shape index (κ2) is 5.90. The normalized spacial score (nSPS) is 11.2. The van der Waals surface area contributed by atoms with Crippen LogP contribution in [0.25, 0.3) is 0 Å². The van der Waals surface area contributed by atoms with Gasteiger partial charge in [0.25, 0.3) is 0 Å². The number of carbonyl (C=O) groups is 2. The molecule has 0 unspecified atom stereocenters. The molecule has 2 amide bonds. The van der Waals surface area contributed by atoms with Gasteiger partial charge in [-0.3, -0.25) is 9.59 Å². The minimum Gasteiger partial charge on any atom is -0.368 e. The summed E-state index contributed by atoms with van der Waals surface area (Å²) in [6.45, 7) is -1.10. The highest BCUT2D eigenvalue weighted by molar-refractivity contribution is 6.29. The first-order valence-electron chi connectivity index (χ1n) is 5.03. The third-order valence-corrected chi connectivity index (χ3v) is 2.15. The minimum absolute atomic E-state index is 0.380. The van der Waals surface area contributed by atoms with Gasteiger partial charge in [-0.15, -0.1) is 0 Å². The second-order valence-corrected chi connectivity index (χ2v) is 4.05. The Balaban J connectivity index is 3.21. The molecule has 20 heavy (non-hydrogen) atoms. The fraction of sp³-hybridized carbons (Fsp3) is 0.333. The summed E-state index contributed by atoms with van der Waals surface area (Å²) in [5.41, 5.74) is 9.87. The van der Waals surface area contributed by atoms with Crippen LogP contribution in [0, 0.1) is 0 Å². The van der Waals surface area contributed by atoms with E-state index in [1.165, 1.54) is 0 Å². The number of nitrogens with two attached hydrogens (primary N) is 2. The molecule has 0 saturated carbocycles. The van der Waals surface area contributed by atoms with Gasteiger partial charge in [0, 0.05) is 6.07 Å². The monoisotopic (exact) mass is 311 g/mol. The van der Waals surface area contributed by atoms with Crippen LogP contribution in [0.15, 0.2) is 6.07 Å². The van der Waals surface area contributed by atoms with E-state index in [4.69, 9.17) is 23.1 Å². The molecule has 0 radical (unpaired) electrons. The van der Waals surface area contributed by atoms with Crippen molar-refractivity contribution in [3.8, 4) is 0 Å². The third-order valence-electron chi connectivity index (χ3n) is 1.95. The van der Waals surface area contributed by atoms with Crippen molar-refractivity contribution in [3.05, 3.63) is 17.0 Å². The molecule has 0 atom stereocenters. The average Bonchev–Trinajstić information content (AvgIpc) is 2.24. The maximum atomic E-state index is 12.6. The van der Waals surface area contributed by atoms with Crippen molar-refractivity contribution >= 4 is 29.2 Å². The number of hydrogen-bond acceptors (Lipinski definition) is 5. The Kier molecular flexibility index (Phi) is 4.71.